The average Bonchev–Trinajstić information content (AvgIpc) is 2.94. The molecule has 1 heterocycles. The van der Waals surface area contributed by atoms with Gasteiger partial charge in [0, 0.05) is 19.6 Å². The Balaban J connectivity index is 2.06. The molecular formula is C15H27N3O2. The molecule has 0 radical (unpaired) electrons. The van der Waals surface area contributed by atoms with Crippen LogP contribution in [0.15, 0.2) is 4.52 Å². The normalized spacial score (nSPS) is 28.5. The molecule has 1 fully saturated rings. The third-order valence-corrected chi connectivity index (χ3v) is 4.51. The highest BCUT2D eigenvalue weighted by atomic mass is 16.5. The highest BCUT2D eigenvalue weighted by Gasteiger charge is 2.40. The number of methoxy groups -OCH3 is 1. The maximum atomic E-state index is 5.80. The Hall–Kier alpha value is -0.940. The van der Waals surface area contributed by atoms with Crippen LogP contribution in [0.1, 0.15) is 57.7 Å². The molecular weight excluding hydrogens is 254 g/mol. The predicted molar refractivity (Wildman–Crippen MR) is 77.5 cm³/mol. The van der Waals surface area contributed by atoms with Gasteiger partial charge in [-0.05, 0) is 45.6 Å². The number of rotatable bonds is 6. The number of hydrogen-bond donors (Lipinski definition) is 1. The van der Waals surface area contributed by atoms with Crippen molar-refractivity contribution in [2.75, 3.05) is 14.2 Å². The van der Waals surface area contributed by atoms with Crippen molar-refractivity contribution in [1.29, 1.82) is 0 Å². The lowest BCUT2D eigenvalue weighted by atomic mass is 9.78. The third-order valence-electron chi connectivity index (χ3n) is 4.51. The summed E-state index contributed by atoms with van der Waals surface area (Å²) in [5.74, 6) is 2.10. The smallest absolute Gasteiger partial charge is 0.226 e. The van der Waals surface area contributed by atoms with E-state index in [1.54, 1.807) is 7.11 Å². The summed E-state index contributed by atoms with van der Waals surface area (Å²) in [6.07, 6.45) is 6.19. The van der Waals surface area contributed by atoms with Gasteiger partial charge in [0.1, 0.15) is 5.60 Å². The molecule has 1 aliphatic rings. The van der Waals surface area contributed by atoms with E-state index in [4.69, 9.17) is 9.26 Å². The Morgan fingerprint density at radius 2 is 2.35 bits per heavy atom. The fourth-order valence-electron chi connectivity index (χ4n) is 3.01. The molecule has 2 rings (SSSR count). The lowest BCUT2D eigenvalue weighted by Gasteiger charge is -2.36. The first-order valence-electron chi connectivity index (χ1n) is 7.65. The van der Waals surface area contributed by atoms with Crippen LogP contribution in [0.3, 0.4) is 0 Å². The van der Waals surface area contributed by atoms with Gasteiger partial charge in [-0.2, -0.15) is 4.98 Å². The second-order valence-corrected chi connectivity index (χ2v) is 6.14. The number of hydrogen-bond acceptors (Lipinski definition) is 5. The quantitative estimate of drug-likeness (QED) is 0.868. The number of nitrogens with zero attached hydrogens (tertiary/aromatic N) is 2. The van der Waals surface area contributed by atoms with Gasteiger partial charge in [0.15, 0.2) is 0 Å². The lowest BCUT2D eigenvalue weighted by molar-refractivity contribution is -0.0658. The van der Waals surface area contributed by atoms with Crippen molar-refractivity contribution in [3.05, 3.63) is 11.7 Å². The van der Waals surface area contributed by atoms with E-state index in [-0.39, 0.29) is 5.60 Å². The second kappa shape index (κ2) is 6.68. The van der Waals surface area contributed by atoms with Crippen LogP contribution in [-0.2, 0) is 16.8 Å². The molecule has 20 heavy (non-hydrogen) atoms. The predicted octanol–water partition coefficient (Wildman–Crippen LogP) is 2.66. The van der Waals surface area contributed by atoms with Crippen LogP contribution in [0.5, 0.6) is 0 Å². The summed E-state index contributed by atoms with van der Waals surface area (Å²) in [6.45, 7) is 4.42. The zero-order chi connectivity index (χ0) is 14.6. The summed E-state index contributed by atoms with van der Waals surface area (Å²) >= 11 is 0. The Morgan fingerprint density at radius 3 is 3.00 bits per heavy atom. The van der Waals surface area contributed by atoms with Gasteiger partial charge in [0.2, 0.25) is 11.7 Å². The van der Waals surface area contributed by atoms with Crippen molar-refractivity contribution in [1.82, 2.24) is 15.5 Å². The van der Waals surface area contributed by atoms with Crippen molar-refractivity contribution in [3.63, 3.8) is 0 Å². The third kappa shape index (κ3) is 3.38. The Kier molecular flexibility index (Phi) is 5.16. The number of aryl methyl sites for hydroxylation is 1. The summed E-state index contributed by atoms with van der Waals surface area (Å²) < 4.78 is 11.2. The standard InChI is InChI=1S/C15H27N3O2/c1-11-6-5-9-15(10-11,19-4)14-17-13(20-18-14)8-7-12(2)16-3/h11-12,16H,5-10H2,1-4H3. The van der Waals surface area contributed by atoms with Crippen LogP contribution in [0.2, 0.25) is 0 Å². The maximum Gasteiger partial charge on any atom is 0.226 e. The van der Waals surface area contributed by atoms with Gasteiger partial charge in [-0.1, -0.05) is 18.5 Å². The van der Waals surface area contributed by atoms with Crippen LogP contribution in [0.25, 0.3) is 0 Å². The highest BCUT2D eigenvalue weighted by Crippen LogP contribution is 2.41. The second-order valence-electron chi connectivity index (χ2n) is 6.14. The molecule has 1 aromatic rings. The molecule has 114 valence electrons. The maximum absolute atomic E-state index is 5.80. The van der Waals surface area contributed by atoms with E-state index in [9.17, 15) is 0 Å². The molecule has 1 saturated carbocycles. The molecule has 1 aliphatic carbocycles. The van der Waals surface area contributed by atoms with Crippen molar-refractivity contribution in [2.24, 2.45) is 5.92 Å². The van der Waals surface area contributed by atoms with E-state index in [1.165, 1.54) is 6.42 Å². The zero-order valence-electron chi connectivity index (χ0n) is 13.1. The summed E-state index contributed by atoms with van der Waals surface area (Å²) in [5, 5.41) is 7.40. The molecule has 0 aromatic carbocycles. The SMILES string of the molecule is CNC(C)CCc1nc(C2(OC)CCCC(C)C2)no1. The van der Waals surface area contributed by atoms with Gasteiger partial charge in [-0.15, -0.1) is 0 Å². The van der Waals surface area contributed by atoms with Crippen molar-refractivity contribution in [3.8, 4) is 0 Å². The van der Waals surface area contributed by atoms with Gasteiger partial charge < -0.3 is 14.6 Å². The van der Waals surface area contributed by atoms with Crippen LogP contribution >= 0.6 is 0 Å². The zero-order valence-corrected chi connectivity index (χ0v) is 13.1. The van der Waals surface area contributed by atoms with E-state index in [1.807, 2.05) is 7.05 Å². The van der Waals surface area contributed by atoms with E-state index in [0.717, 1.165) is 43.8 Å². The molecule has 5 nitrogen and oxygen atoms in total. The van der Waals surface area contributed by atoms with E-state index >= 15 is 0 Å². The first-order chi connectivity index (χ1) is 9.59. The van der Waals surface area contributed by atoms with E-state index in [2.05, 4.69) is 29.3 Å². The summed E-state index contributed by atoms with van der Waals surface area (Å²) in [7, 11) is 3.73. The van der Waals surface area contributed by atoms with E-state index in [0.29, 0.717) is 12.0 Å². The van der Waals surface area contributed by atoms with Crippen molar-refractivity contribution in [2.45, 2.75) is 64.0 Å². The minimum atomic E-state index is -0.339. The Bertz CT molecular complexity index is 421. The average molecular weight is 281 g/mol. The van der Waals surface area contributed by atoms with Gasteiger partial charge in [-0.25, -0.2) is 0 Å². The molecule has 5 heteroatoms. The molecule has 0 bridgehead atoms. The molecule has 0 aliphatic heterocycles. The minimum Gasteiger partial charge on any atom is -0.370 e. The summed E-state index contributed by atoms with van der Waals surface area (Å²) in [6, 6.07) is 0.455. The number of nitrogens with one attached hydrogen (secondary N) is 1. The monoisotopic (exact) mass is 281 g/mol. The number of aromatic nitrogens is 2. The first kappa shape index (κ1) is 15.4. The molecule has 0 amide bonds. The molecule has 0 saturated heterocycles. The minimum absolute atomic E-state index is 0.339. The fraction of sp³-hybridized carbons (Fsp3) is 0.867. The number of ether oxygens (including phenoxy) is 1. The van der Waals surface area contributed by atoms with Crippen LogP contribution < -0.4 is 5.32 Å². The largest absolute Gasteiger partial charge is 0.370 e. The van der Waals surface area contributed by atoms with Crippen LogP contribution in [0.4, 0.5) is 0 Å². The first-order valence-corrected chi connectivity index (χ1v) is 7.65. The topological polar surface area (TPSA) is 60.2 Å². The highest BCUT2D eigenvalue weighted by molar-refractivity contribution is 5.04. The van der Waals surface area contributed by atoms with E-state index < -0.39 is 0 Å². The Labute approximate surface area is 121 Å². The molecule has 1 aromatic heterocycles. The van der Waals surface area contributed by atoms with Gasteiger partial charge >= 0.3 is 0 Å². The fourth-order valence-corrected chi connectivity index (χ4v) is 3.01. The summed E-state index contributed by atoms with van der Waals surface area (Å²) in [4.78, 5) is 4.59. The molecule has 3 unspecified atom stereocenters. The summed E-state index contributed by atoms with van der Waals surface area (Å²) in [5.41, 5.74) is -0.339. The molecule has 0 spiro atoms. The Morgan fingerprint density at radius 1 is 1.55 bits per heavy atom. The lowest BCUT2D eigenvalue weighted by Crippen LogP contribution is -2.35. The molecule has 1 N–H and O–H groups in total. The van der Waals surface area contributed by atoms with Gasteiger partial charge in [0.25, 0.3) is 0 Å². The van der Waals surface area contributed by atoms with Crippen molar-refractivity contribution >= 4 is 0 Å². The van der Waals surface area contributed by atoms with Gasteiger partial charge in [0.05, 0.1) is 0 Å². The van der Waals surface area contributed by atoms with Crippen molar-refractivity contribution < 1.29 is 9.26 Å². The van der Waals surface area contributed by atoms with Crippen LogP contribution in [-0.4, -0.2) is 30.3 Å². The molecule has 3 atom stereocenters. The van der Waals surface area contributed by atoms with Gasteiger partial charge in [-0.3, -0.25) is 0 Å². The van der Waals surface area contributed by atoms with Crippen LogP contribution in [0, 0.1) is 5.92 Å².